The summed E-state index contributed by atoms with van der Waals surface area (Å²) in [6.45, 7) is 4.90. The molecule has 1 aromatic heterocycles. The van der Waals surface area contributed by atoms with Crippen LogP contribution in [-0.4, -0.2) is 9.78 Å². The number of hydrogen-bond donors (Lipinski definition) is 1. The number of aromatic nitrogens is 2. The van der Waals surface area contributed by atoms with E-state index in [0.717, 1.165) is 34.4 Å². The van der Waals surface area contributed by atoms with Crippen LogP contribution in [0.15, 0.2) is 28.7 Å². The van der Waals surface area contributed by atoms with Gasteiger partial charge in [0, 0.05) is 11.0 Å². The summed E-state index contributed by atoms with van der Waals surface area (Å²) >= 11 is 3.44. The Labute approximate surface area is 127 Å². The molecular formula is C15H19BrFN3. The van der Waals surface area contributed by atoms with Gasteiger partial charge in [0.15, 0.2) is 0 Å². The summed E-state index contributed by atoms with van der Waals surface area (Å²) in [5, 5.41) is 4.50. The van der Waals surface area contributed by atoms with Crippen LogP contribution in [0.2, 0.25) is 0 Å². The molecule has 0 radical (unpaired) electrons. The summed E-state index contributed by atoms with van der Waals surface area (Å²) in [7, 11) is 0. The number of nitrogens with two attached hydrogens (primary N) is 1. The Hall–Kier alpha value is -1.20. The van der Waals surface area contributed by atoms with Crippen LogP contribution in [0.5, 0.6) is 0 Å². The van der Waals surface area contributed by atoms with Crippen molar-refractivity contribution in [3.05, 3.63) is 51.5 Å². The monoisotopic (exact) mass is 339 g/mol. The molecule has 0 aliphatic rings. The highest BCUT2D eigenvalue weighted by atomic mass is 79.9. The molecule has 0 spiro atoms. The largest absolute Gasteiger partial charge is 0.322 e. The van der Waals surface area contributed by atoms with E-state index >= 15 is 0 Å². The molecule has 0 amide bonds. The number of rotatable bonds is 5. The topological polar surface area (TPSA) is 43.8 Å². The van der Waals surface area contributed by atoms with Crippen LogP contribution in [-0.2, 0) is 19.4 Å². The van der Waals surface area contributed by atoms with Crippen LogP contribution < -0.4 is 5.73 Å². The van der Waals surface area contributed by atoms with E-state index in [9.17, 15) is 4.39 Å². The van der Waals surface area contributed by atoms with Gasteiger partial charge in [-0.1, -0.05) is 22.9 Å². The van der Waals surface area contributed by atoms with E-state index in [4.69, 9.17) is 5.73 Å². The first-order valence-electron chi connectivity index (χ1n) is 6.81. The van der Waals surface area contributed by atoms with Crippen molar-refractivity contribution in [2.24, 2.45) is 5.73 Å². The smallest absolute Gasteiger partial charge is 0.123 e. The third kappa shape index (κ3) is 3.27. The second-order valence-corrected chi connectivity index (χ2v) is 5.63. The number of halogens is 2. The minimum atomic E-state index is -0.242. The Balaban J connectivity index is 2.25. The van der Waals surface area contributed by atoms with Crippen molar-refractivity contribution < 1.29 is 4.39 Å². The van der Waals surface area contributed by atoms with Crippen LogP contribution in [0.1, 0.15) is 36.8 Å². The van der Waals surface area contributed by atoms with Crippen molar-refractivity contribution in [3.63, 3.8) is 0 Å². The lowest BCUT2D eigenvalue weighted by molar-refractivity contribution is 0.562. The number of aryl methyl sites for hydroxylation is 2. The van der Waals surface area contributed by atoms with Crippen LogP contribution in [0, 0.1) is 5.82 Å². The lowest BCUT2D eigenvalue weighted by Gasteiger charge is -2.14. The molecule has 1 atom stereocenters. The lowest BCUT2D eigenvalue weighted by atomic mass is 10.0. The Morgan fingerprint density at radius 2 is 2.10 bits per heavy atom. The van der Waals surface area contributed by atoms with Crippen LogP contribution in [0.3, 0.4) is 0 Å². The molecule has 2 N–H and O–H groups in total. The maximum absolute atomic E-state index is 13.3. The average Bonchev–Trinajstić information content (AvgIpc) is 2.86. The summed E-state index contributed by atoms with van der Waals surface area (Å²) < 4.78 is 16.1. The average molecular weight is 340 g/mol. The minimum Gasteiger partial charge on any atom is -0.322 e. The summed E-state index contributed by atoms with van der Waals surface area (Å²) in [5.74, 6) is -0.242. The zero-order valence-corrected chi connectivity index (χ0v) is 13.3. The third-order valence-electron chi connectivity index (χ3n) is 3.35. The first-order valence-corrected chi connectivity index (χ1v) is 7.60. The lowest BCUT2D eigenvalue weighted by Crippen LogP contribution is -2.18. The molecule has 2 rings (SSSR count). The maximum atomic E-state index is 13.3. The molecule has 108 valence electrons. The van der Waals surface area contributed by atoms with Gasteiger partial charge >= 0.3 is 0 Å². The molecule has 0 aliphatic carbocycles. The van der Waals surface area contributed by atoms with Crippen LogP contribution >= 0.6 is 15.9 Å². The molecule has 0 saturated carbocycles. The van der Waals surface area contributed by atoms with Crippen LogP contribution in [0.4, 0.5) is 4.39 Å². The van der Waals surface area contributed by atoms with Crippen molar-refractivity contribution >= 4 is 15.9 Å². The second-order valence-electron chi connectivity index (χ2n) is 4.78. The molecule has 0 bridgehead atoms. The predicted molar refractivity (Wildman–Crippen MR) is 82.0 cm³/mol. The molecule has 0 aliphatic heterocycles. The molecule has 3 nitrogen and oxygen atoms in total. The van der Waals surface area contributed by atoms with Gasteiger partial charge in [0.25, 0.3) is 0 Å². The highest BCUT2D eigenvalue weighted by Gasteiger charge is 2.15. The van der Waals surface area contributed by atoms with Gasteiger partial charge in [0.2, 0.25) is 0 Å². The van der Waals surface area contributed by atoms with E-state index in [1.165, 1.54) is 12.1 Å². The SMILES string of the molecule is CCc1cc(C(N)Cc2cc(F)ccc2Br)n(CC)n1. The van der Waals surface area contributed by atoms with Crippen molar-refractivity contribution in [1.29, 1.82) is 0 Å². The maximum Gasteiger partial charge on any atom is 0.123 e. The Morgan fingerprint density at radius 1 is 1.35 bits per heavy atom. The molecule has 0 fully saturated rings. The van der Waals surface area contributed by atoms with Gasteiger partial charge in [0.1, 0.15) is 5.82 Å². The quantitative estimate of drug-likeness (QED) is 0.904. The van der Waals surface area contributed by atoms with Gasteiger partial charge in [-0.15, -0.1) is 0 Å². The van der Waals surface area contributed by atoms with Gasteiger partial charge in [-0.05, 0) is 49.6 Å². The van der Waals surface area contributed by atoms with E-state index in [-0.39, 0.29) is 11.9 Å². The first-order chi connectivity index (χ1) is 9.55. The molecule has 1 aromatic carbocycles. The van der Waals surface area contributed by atoms with Crippen molar-refractivity contribution in [1.82, 2.24) is 9.78 Å². The molecule has 20 heavy (non-hydrogen) atoms. The van der Waals surface area contributed by atoms with E-state index in [1.54, 1.807) is 6.07 Å². The standard InChI is InChI=1S/C15H19BrFN3/c1-3-12-9-15(20(4-2)19-12)14(18)8-10-7-11(17)5-6-13(10)16/h5-7,9,14H,3-4,8,18H2,1-2H3. The fourth-order valence-electron chi connectivity index (χ4n) is 2.25. The highest BCUT2D eigenvalue weighted by molar-refractivity contribution is 9.10. The predicted octanol–water partition coefficient (Wildman–Crippen LogP) is 3.61. The fraction of sp³-hybridized carbons (Fsp3) is 0.400. The zero-order valence-electron chi connectivity index (χ0n) is 11.7. The molecule has 0 saturated heterocycles. The Morgan fingerprint density at radius 3 is 2.75 bits per heavy atom. The van der Waals surface area contributed by atoms with E-state index in [2.05, 4.69) is 28.0 Å². The Bertz CT molecular complexity index is 595. The molecule has 5 heteroatoms. The summed E-state index contributed by atoms with van der Waals surface area (Å²) in [6.07, 6.45) is 1.46. The van der Waals surface area contributed by atoms with Gasteiger partial charge in [-0.3, -0.25) is 4.68 Å². The third-order valence-corrected chi connectivity index (χ3v) is 4.12. The van der Waals surface area contributed by atoms with E-state index < -0.39 is 0 Å². The summed E-state index contributed by atoms with van der Waals surface area (Å²) in [4.78, 5) is 0. The highest BCUT2D eigenvalue weighted by Crippen LogP contribution is 2.24. The normalized spacial score (nSPS) is 12.7. The minimum absolute atomic E-state index is 0.194. The van der Waals surface area contributed by atoms with E-state index in [0.29, 0.717) is 6.42 Å². The van der Waals surface area contributed by atoms with Crippen molar-refractivity contribution in [2.45, 2.75) is 39.3 Å². The van der Waals surface area contributed by atoms with Gasteiger partial charge in [0.05, 0.1) is 17.4 Å². The van der Waals surface area contributed by atoms with E-state index in [1.807, 2.05) is 17.7 Å². The first kappa shape index (κ1) is 15.2. The number of benzene rings is 1. The fourth-order valence-corrected chi connectivity index (χ4v) is 2.66. The summed E-state index contributed by atoms with van der Waals surface area (Å²) in [6, 6.07) is 6.52. The van der Waals surface area contributed by atoms with Gasteiger partial charge in [-0.25, -0.2) is 4.39 Å². The van der Waals surface area contributed by atoms with Crippen molar-refractivity contribution in [2.75, 3.05) is 0 Å². The molecule has 1 unspecified atom stereocenters. The zero-order chi connectivity index (χ0) is 14.7. The van der Waals surface area contributed by atoms with Crippen LogP contribution in [0.25, 0.3) is 0 Å². The van der Waals surface area contributed by atoms with Crippen molar-refractivity contribution in [3.8, 4) is 0 Å². The Kier molecular flexibility index (Phi) is 4.94. The van der Waals surface area contributed by atoms with Gasteiger partial charge in [-0.2, -0.15) is 5.10 Å². The number of hydrogen-bond acceptors (Lipinski definition) is 2. The molecule has 1 heterocycles. The van der Waals surface area contributed by atoms with Gasteiger partial charge < -0.3 is 5.73 Å². The summed E-state index contributed by atoms with van der Waals surface area (Å²) in [5.41, 5.74) is 9.20. The molecule has 2 aromatic rings. The second kappa shape index (κ2) is 6.50. The molecular weight excluding hydrogens is 321 g/mol. The number of nitrogens with zero attached hydrogens (tertiary/aromatic N) is 2.